The predicted octanol–water partition coefficient (Wildman–Crippen LogP) is 2.13. The van der Waals surface area contributed by atoms with E-state index in [0.717, 1.165) is 48.0 Å². The van der Waals surface area contributed by atoms with Gasteiger partial charge in [-0.25, -0.2) is 4.79 Å². The Balaban J connectivity index is 1.58. The molecule has 0 saturated carbocycles. The number of nitrogens with zero attached hydrogens (tertiary/aromatic N) is 1. The van der Waals surface area contributed by atoms with E-state index in [1.165, 1.54) is 0 Å². The van der Waals surface area contributed by atoms with Crippen LogP contribution in [-0.4, -0.2) is 54.4 Å². The average Bonchev–Trinajstić information content (AvgIpc) is 3.05. The zero-order valence-electron chi connectivity index (χ0n) is 14.0. The van der Waals surface area contributed by atoms with Gasteiger partial charge < -0.3 is 25.0 Å². The van der Waals surface area contributed by atoms with Gasteiger partial charge >= 0.3 is 6.03 Å². The molecule has 1 aromatic carbocycles. The summed E-state index contributed by atoms with van der Waals surface area (Å²) in [4.78, 5) is 17.3. The summed E-state index contributed by atoms with van der Waals surface area (Å²) >= 11 is 0. The second-order valence-electron chi connectivity index (χ2n) is 6.32. The number of amides is 2. The lowest BCUT2D eigenvalue weighted by atomic mass is 9.99. The van der Waals surface area contributed by atoms with E-state index in [4.69, 9.17) is 4.74 Å². The highest BCUT2D eigenvalue weighted by Gasteiger charge is 2.22. The monoisotopic (exact) mass is 331 g/mol. The number of aliphatic hydroxyl groups is 1. The number of aromatic nitrogens is 1. The van der Waals surface area contributed by atoms with Gasteiger partial charge in [-0.3, -0.25) is 0 Å². The van der Waals surface area contributed by atoms with Gasteiger partial charge in [-0.15, -0.1) is 0 Å². The van der Waals surface area contributed by atoms with Gasteiger partial charge in [-0.2, -0.15) is 0 Å². The quantitative estimate of drug-likeness (QED) is 0.785. The van der Waals surface area contributed by atoms with Crippen LogP contribution in [0.5, 0.6) is 5.75 Å². The molecule has 0 aliphatic carbocycles. The first-order chi connectivity index (χ1) is 11.7. The Bertz CT molecular complexity index is 698. The van der Waals surface area contributed by atoms with E-state index in [1.54, 1.807) is 12.0 Å². The smallest absolute Gasteiger partial charge is 0.317 e. The molecule has 3 N–H and O–H groups in total. The maximum atomic E-state index is 12.3. The Morgan fingerprint density at radius 1 is 1.50 bits per heavy atom. The number of hydrogen-bond acceptors (Lipinski definition) is 3. The van der Waals surface area contributed by atoms with Crippen LogP contribution < -0.4 is 10.1 Å². The molecule has 2 amide bonds. The number of benzene rings is 1. The number of urea groups is 1. The fourth-order valence-electron chi connectivity index (χ4n) is 3.40. The molecule has 2 aromatic rings. The van der Waals surface area contributed by atoms with E-state index in [0.29, 0.717) is 13.1 Å². The van der Waals surface area contributed by atoms with Crippen molar-refractivity contribution in [2.45, 2.75) is 19.3 Å². The summed E-state index contributed by atoms with van der Waals surface area (Å²) in [5, 5.41) is 13.3. The zero-order chi connectivity index (χ0) is 16.9. The van der Waals surface area contributed by atoms with Crippen LogP contribution in [-0.2, 0) is 6.42 Å². The van der Waals surface area contributed by atoms with Crippen LogP contribution >= 0.6 is 0 Å². The van der Waals surface area contributed by atoms with Crippen molar-refractivity contribution in [3.05, 3.63) is 30.0 Å². The third kappa shape index (κ3) is 3.48. The summed E-state index contributed by atoms with van der Waals surface area (Å²) in [6.45, 7) is 2.13. The van der Waals surface area contributed by atoms with E-state index in [9.17, 15) is 9.90 Å². The molecule has 1 aromatic heterocycles. The van der Waals surface area contributed by atoms with Gasteiger partial charge in [-0.05, 0) is 42.9 Å². The fourth-order valence-corrected chi connectivity index (χ4v) is 3.40. The highest BCUT2D eigenvalue weighted by atomic mass is 16.5. The molecular weight excluding hydrogens is 306 g/mol. The molecule has 0 bridgehead atoms. The van der Waals surface area contributed by atoms with E-state index >= 15 is 0 Å². The number of piperidine rings is 1. The molecule has 1 aliphatic rings. The lowest BCUT2D eigenvalue weighted by molar-refractivity contribution is 0.129. The van der Waals surface area contributed by atoms with Crippen molar-refractivity contribution in [3.8, 4) is 5.75 Å². The lowest BCUT2D eigenvalue weighted by Crippen LogP contribution is -2.46. The number of nitrogens with one attached hydrogen (secondary N) is 2. The minimum Gasteiger partial charge on any atom is -0.496 e. The predicted molar refractivity (Wildman–Crippen MR) is 93.3 cm³/mol. The highest BCUT2D eigenvalue weighted by molar-refractivity contribution is 5.89. The van der Waals surface area contributed by atoms with Crippen molar-refractivity contribution >= 4 is 16.9 Å². The second kappa shape index (κ2) is 7.57. The van der Waals surface area contributed by atoms with E-state index in [2.05, 4.69) is 10.3 Å². The van der Waals surface area contributed by atoms with Crippen molar-refractivity contribution in [3.63, 3.8) is 0 Å². The van der Waals surface area contributed by atoms with Crippen LogP contribution in [0.15, 0.2) is 24.4 Å². The molecule has 2 heterocycles. The van der Waals surface area contributed by atoms with Crippen molar-refractivity contribution in [2.75, 3.05) is 33.4 Å². The van der Waals surface area contributed by atoms with Crippen LogP contribution in [0.25, 0.3) is 10.9 Å². The fraction of sp³-hybridized carbons (Fsp3) is 0.500. The summed E-state index contributed by atoms with van der Waals surface area (Å²) in [7, 11) is 1.67. The summed E-state index contributed by atoms with van der Waals surface area (Å²) in [5.74, 6) is 1.05. The maximum absolute atomic E-state index is 12.3. The van der Waals surface area contributed by atoms with E-state index < -0.39 is 0 Å². The SMILES string of the molecule is COc1cccc2[nH]cc(CCNC(=O)N3CCCC(CO)C3)c12. The number of hydrogen-bond donors (Lipinski definition) is 3. The molecule has 24 heavy (non-hydrogen) atoms. The molecule has 6 heteroatoms. The maximum Gasteiger partial charge on any atom is 0.317 e. The molecule has 1 unspecified atom stereocenters. The average molecular weight is 331 g/mol. The summed E-state index contributed by atoms with van der Waals surface area (Å²) in [6.07, 6.45) is 4.67. The normalized spacial score (nSPS) is 17.9. The number of fused-ring (bicyclic) bond motifs is 1. The largest absolute Gasteiger partial charge is 0.496 e. The number of H-pyrrole nitrogens is 1. The summed E-state index contributed by atoms with van der Waals surface area (Å²) < 4.78 is 5.43. The number of carbonyl (C=O) groups excluding carboxylic acids is 1. The van der Waals surface area contributed by atoms with Crippen LogP contribution in [0.3, 0.4) is 0 Å². The van der Waals surface area contributed by atoms with Crippen LogP contribution in [0, 0.1) is 5.92 Å². The molecule has 0 radical (unpaired) electrons. The minimum atomic E-state index is -0.0417. The summed E-state index contributed by atoms with van der Waals surface area (Å²) in [6, 6.07) is 5.88. The molecule has 130 valence electrons. The Kier molecular flexibility index (Phi) is 5.25. The Morgan fingerprint density at radius 3 is 3.17 bits per heavy atom. The standard InChI is InChI=1S/C18H25N3O3/c1-24-16-6-2-5-15-17(16)14(10-20-15)7-8-19-18(23)21-9-3-4-13(11-21)12-22/h2,5-6,10,13,20,22H,3-4,7-9,11-12H2,1H3,(H,19,23). The van der Waals surface area contributed by atoms with Crippen LogP contribution in [0.2, 0.25) is 0 Å². The number of aliphatic hydroxyl groups excluding tert-OH is 1. The molecule has 1 atom stereocenters. The molecule has 6 nitrogen and oxygen atoms in total. The van der Waals surface area contributed by atoms with Gasteiger partial charge in [-0.1, -0.05) is 6.07 Å². The highest BCUT2D eigenvalue weighted by Crippen LogP contribution is 2.28. The Labute approximate surface area is 141 Å². The Morgan fingerprint density at radius 2 is 2.38 bits per heavy atom. The van der Waals surface area contributed by atoms with Crippen LogP contribution in [0.4, 0.5) is 4.79 Å². The van der Waals surface area contributed by atoms with Gasteiger partial charge in [0.1, 0.15) is 5.75 Å². The van der Waals surface area contributed by atoms with Crippen molar-refractivity contribution in [1.82, 2.24) is 15.2 Å². The number of likely N-dealkylation sites (tertiary alicyclic amines) is 1. The molecule has 1 aliphatic heterocycles. The first kappa shape index (κ1) is 16.6. The number of aromatic amines is 1. The van der Waals surface area contributed by atoms with Crippen molar-refractivity contribution < 1.29 is 14.6 Å². The number of methoxy groups -OCH3 is 1. The van der Waals surface area contributed by atoms with Gasteiger partial charge in [0, 0.05) is 43.3 Å². The second-order valence-corrected chi connectivity index (χ2v) is 6.32. The van der Waals surface area contributed by atoms with Crippen molar-refractivity contribution in [2.24, 2.45) is 5.92 Å². The van der Waals surface area contributed by atoms with Crippen LogP contribution in [0.1, 0.15) is 18.4 Å². The molecular formula is C18H25N3O3. The zero-order valence-corrected chi connectivity index (χ0v) is 14.0. The molecule has 0 spiro atoms. The first-order valence-electron chi connectivity index (χ1n) is 8.49. The molecule has 1 saturated heterocycles. The minimum absolute atomic E-state index is 0.0417. The topological polar surface area (TPSA) is 77.6 Å². The van der Waals surface area contributed by atoms with E-state index in [-0.39, 0.29) is 18.6 Å². The third-order valence-electron chi connectivity index (χ3n) is 4.70. The van der Waals surface area contributed by atoms with Crippen molar-refractivity contribution in [1.29, 1.82) is 0 Å². The number of carbonyl (C=O) groups is 1. The lowest BCUT2D eigenvalue weighted by Gasteiger charge is -2.31. The first-order valence-corrected chi connectivity index (χ1v) is 8.49. The summed E-state index contributed by atoms with van der Waals surface area (Å²) in [5.41, 5.74) is 2.17. The Hall–Kier alpha value is -2.21. The van der Waals surface area contributed by atoms with Gasteiger partial charge in [0.2, 0.25) is 0 Å². The van der Waals surface area contributed by atoms with Gasteiger partial charge in [0.25, 0.3) is 0 Å². The van der Waals surface area contributed by atoms with Gasteiger partial charge in [0.05, 0.1) is 7.11 Å². The van der Waals surface area contributed by atoms with E-state index in [1.807, 2.05) is 24.4 Å². The third-order valence-corrected chi connectivity index (χ3v) is 4.70. The number of rotatable bonds is 5. The number of ether oxygens (including phenoxy) is 1. The molecule has 3 rings (SSSR count). The molecule has 1 fully saturated rings. The van der Waals surface area contributed by atoms with Gasteiger partial charge in [0.15, 0.2) is 0 Å².